The monoisotopic (exact) mass is 369 g/mol. The van der Waals surface area contributed by atoms with Crippen molar-refractivity contribution in [3.8, 4) is 5.75 Å². The molecule has 0 aromatic carbocycles. The van der Waals surface area contributed by atoms with Crippen molar-refractivity contribution >= 4 is 50.0 Å². The van der Waals surface area contributed by atoms with Crippen LogP contribution in [0.4, 0.5) is 0 Å². The van der Waals surface area contributed by atoms with Crippen molar-refractivity contribution in [1.29, 1.82) is 0 Å². The van der Waals surface area contributed by atoms with Crippen LogP contribution in [-0.4, -0.2) is 32.2 Å². The van der Waals surface area contributed by atoms with E-state index >= 15 is 0 Å². The van der Waals surface area contributed by atoms with Crippen LogP contribution >= 0.6 is 34.8 Å². The Labute approximate surface area is 136 Å². The van der Waals surface area contributed by atoms with Gasteiger partial charge in [0, 0.05) is 12.3 Å². The summed E-state index contributed by atoms with van der Waals surface area (Å²) in [6.07, 6.45) is 2.49. The molecule has 1 aromatic heterocycles. The van der Waals surface area contributed by atoms with Gasteiger partial charge in [0.15, 0.2) is 4.75 Å². The van der Waals surface area contributed by atoms with Crippen LogP contribution in [0.5, 0.6) is 5.75 Å². The van der Waals surface area contributed by atoms with Gasteiger partial charge >= 0.3 is 0 Å². The Hall–Kier alpha value is -0.860. The zero-order valence-corrected chi connectivity index (χ0v) is 13.8. The van der Waals surface area contributed by atoms with E-state index in [1.165, 1.54) is 25.4 Å². The third-order valence-electron chi connectivity index (χ3n) is 2.96. The van der Waals surface area contributed by atoms with Crippen molar-refractivity contribution in [2.75, 3.05) is 13.7 Å². The molecule has 21 heavy (non-hydrogen) atoms. The van der Waals surface area contributed by atoms with Gasteiger partial charge in [-0.3, -0.25) is 9.98 Å². The molecule has 2 N–H and O–H groups in total. The van der Waals surface area contributed by atoms with Gasteiger partial charge in [0.2, 0.25) is 10.0 Å². The number of methoxy groups -OCH3 is 1. The molecule has 0 amide bonds. The zero-order valence-electron chi connectivity index (χ0n) is 10.7. The number of aliphatic imine (C=N–C) groups is 1. The molecule has 0 spiro atoms. The van der Waals surface area contributed by atoms with Crippen molar-refractivity contribution in [2.24, 2.45) is 10.1 Å². The standard InChI is InChI=1S/C11H10Cl3N3O3S/c1-20-8-2-6(12)4-16-9(8)11(21(15,18)19)3-7(13)10(14)17-5-11/h2-4H,5H2,1H3,(H2,15,18,19). The van der Waals surface area contributed by atoms with Crippen molar-refractivity contribution in [1.82, 2.24) is 4.98 Å². The van der Waals surface area contributed by atoms with Crippen LogP contribution in [0.2, 0.25) is 5.02 Å². The zero-order chi connectivity index (χ0) is 15.8. The number of pyridine rings is 1. The van der Waals surface area contributed by atoms with E-state index in [0.717, 1.165) is 0 Å². The first-order chi connectivity index (χ1) is 9.71. The predicted molar refractivity (Wildman–Crippen MR) is 82.7 cm³/mol. The fraction of sp³-hybridized carbons (Fsp3) is 0.273. The number of primary sulfonamides is 1. The number of nitrogens with zero attached hydrogens (tertiary/aromatic N) is 2. The summed E-state index contributed by atoms with van der Waals surface area (Å²) >= 11 is 17.5. The third kappa shape index (κ3) is 2.89. The lowest BCUT2D eigenvalue weighted by Crippen LogP contribution is -2.44. The lowest BCUT2D eigenvalue weighted by atomic mass is 10.0. The molecule has 2 heterocycles. The molecule has 1 unspecified atom stereocenters. The van der Waals surface area contributed by atoms with Crippen LogP contribution < -0.4 is 9.88 Å². The van der Waals surface area contributed by atoms with Crippen molar-refractivity contribution < 1.29 is 13.2 Å². The molecule has 1 atom stereocenters. The van der Waals surface area contributed by atoms with E-state index < -0.39 is 14.8 Å². The minimum absolute atomic E-state index is 0.00359. The highest BCUT2D eigenvalue weighted by molar-refractivity contribution is 7.90. The Kier molecular flexibility index (Phi) is 4.51. The molecule has 0 saturated carbocycles. The Balaban J connectivity index is 2.76. The van der Waals surface area contributed by atoms with Crippen molar-refractivity contribution in [3.63, 3.8) is 0 Å². The molecule has 0 fully saturated rings. The van der Waals surface area contributed by atoms with E-state index in [0.29, 0.717) is 0 Å². The molecular weight excluding hydrogens is 361 g/mol. The molecule has 2 rings (SSSR count). The first-order valence-electron chi connectivity index (χ1n) is 5.52. The summed E-state index contributed by atoms with van der Waals surface area (Å²) in [6.45, 7) is -0.258. The molecule has 1 aromatic rings. The maximum Gasteiger partial charge on any atom is 0.226 e. The highest BCUT2D eigenvalue weighted by Gasteiger charge is 2.47. The van der Waals surface area contributed by atoms with Gasteiger partial charge in [0.25, 0.3) is 0 Å². The second kappa shape index (κ2) is 5.73. The molecule has 0 bridgehead atoms. The lowest BCUT2D eigenvalue weighted by molar-refractivity contribution is 0.401. The summed E-state index contributed by atoms with van der Waals surface area (Å²) < 4.78 is 27.7. The van der Waals surface area contributed by atoms with Crippen LogP contribution in [0.1, 0.15) is 5.69 Å². The number of nitrogens with two attached hydrogens (primary N) is 1. The third-order valence-corrected chi connectivity index (χ3v) is 5.33. The molecule has 1 aliphatic heterocycles. The molecule has 0 saturated heterocycles. The number of ether oxygens (including phenoxy) is 1. The number of aromatic nitrogens is 1. The van der Waals surface area contributed by atoms with Crippen molar-refractivity contribution in [3.05, 3.63) is 34.1 Å². The highest BCUT2D eigenvalue weighted by atomic mass is 35.5. The Bertz CT molecular complexity index is 748. The van der Waals surface area contributed by atoms with Gasteiger partial charge in [0.05, 0.1) is 23.7 Å². The highest BCUT2D eigenvalue weighted by Crippen LogP contribution is 2.40. The number of sulfonamides is 1. The minimum atomic E-state index is -4.15. The number of hydrogen-bond donors (Lipinski definition) is 1. The molecule has 0 radical (unpaired) electrons. The summed E-state index contributed by atoms with van der Waals surface area (Å²) in [6, 6.07) is 1.43. The second-order valence-corrected chi connectivity index (χ2v) is 7.26. The average Bonchev–Trinajstić information content (AvgIpc) is 2.40. The van der Waals surface area contributed by atoms with Gasteiger partial charge in [-0.1, -0.05) is 34.8 Å². The van der Waals surface area contributed by atoms with Crippen LogP contribution in [-0.2, 0) is 14.8 Å². The predicted octanol–water partition coefficient (Wildman–Crippen LogP) is 2.00. The minimum Gasteiger partial charge on any atom is -0.495 e. The van der Waals surface area contributed by atoms with Gasteiger partial charge < -0.3 is 4.74 Å². The molecule has 1 aliphatic rings. The molecule has 0 aliphatic carbocycles. The van der Waals surface area contributed by atoms with Crippen molar-refractivity contribution in [2.45, 2.75) is 4.75 Å². The van der Waals surface area contributed by atoms with Gasteiger partial charge in [0.1, 0.15) is 16.6 Å². The van der Waals surface area contributed by atoms with Gasteiger partial charge in [-0.05, 0) is 6.08 Å². The first kappa shape index (κ1) is 16.5. The number of dihydropyridines is 1. The van der Waals surface area contributed by atoms with Crippen LogP contribution in [0.3, 0.4) is 0 Å². The first-order valence-corrected chi connectivity index (χ1v) is 8.20. The summed E-state index contributed by atoms with van der Waals surface area (Å²) in [7, 11) is -2.80. The van der Waals surface area contributed by atoms with Crippen LogP contribution in [0.15, 0.2) is 28.4 Å². The van der Waals surface area contributed by atoms with E-state index in [1.54, 1.807) is 0 Å². The SMILES string of the molecule is COc1cc(Cl)cnc1C1(S(N)(=O)=O)C=C(Cl)C(Cl)=NC1. The van der Waals surface area contributed by atoms with E-state index in [-0.39, 0.29) is 33.2 Å². The van der Waals surface area contributed by atoms with E-state index in [9.17, 15) is 8.42 Å². The molecular formula is C11H10Cl3N3O3S. The quantitative estimate of drug-likeness (QED) is 0.880. The fourth-order valence-electron chi connectivity index (χ4n) is 1.92. The van der Waals surface area contributed by atoms with E-state index in [4.69, 9.17) is 44.7 Å². The largest absolute Gasteiger partial charge is 0.495 e. The number of halogens is 3. The number of allylic oxidation sites excluding steroid dienone is 1. The lowest BCUT2D eigenvalue weighted by Gasteiger charge is -2.30. The smallest absolute Gasteiger partial charge is 0.226 e. The maximum absolute atomic E-state index is 12.1. The topological polar surface area (TPSA) is 94.6 Å². The summed E-state index contributed by atoms with van der Waals surface area (Å²) in [5, 5.41) is 5.63. The normalized spacial score (nSPS) is 22.5. The number of hydrogen-bond acceptors (Lipinski definition) is 5. The van der Waals surface area contributed by atoms with E-state index in [1.807, 2.05) is 0 Å². The maximum atomic E-state index is 12.1. The molecule has 114 valence electrons. The molecule has 6 nitrogen and oxygen atoms in total. The Morgan fingerprint density at radius 1 is 1.38 bits per heavy atom. The fourth-order valence-corrected chi connectivity index (χ4v) is 3.44. The van der Waals surface area contributed by atoms with Crippen LogP contribution in [0, 0.1) is 0 Å². The van der Waals surface area contributed by atoms with Gasteiger partial charge in [-0.2, -0.15) is 0 Å². The Morgan fingerprint density at radius 2 is 2.05 bits per heavy atom. The summed E-state index contributed by atoms with van der Waals surface area (Å²) in [4.78, 5) is 7.94. The molecule has 10 heteroatoms. The summed E-state index contributed by atoms with van der Waals surface area (Å²) in [5.74, 6) is 0.158. The Morgan fingerprint density at radius 3 is 2.57 bits per heavy atom. The second-order valence-electron chi connectivity index (χ2n) is 4.24. The van der Waals surface area contributed by atoms with E-state index in [2.05, 4.69) is 9.98 Å². The average molecular weight is 371 g/mol. The van der Waals surface area contributed by atoms with Gasteiger partial charge in [-0.15, -0.1) is 0 Å². The van der Waals surface area contributed by atoms with Gasteiger partial charge in [-0.25, -0.2) is 13.6 Å². The number of rotatable bonds is 3. The van der Waals surface area contributed by atoms with Crippen LogP contribution in [0.25, 0.3) is 0 Å². The summed E-state index contributed by atoms with van der Waals surface area (Å²) in [5.41, 5.74) is 0.0444.